The van der Waals surface area contributed by atoms with Crippen LogP contribution in [0.5, 0.6) is 0 Å². The zero-order valence-corrected chi connectivity index (χ0v) is 18.8. The monoisotopic (exact) mass is 452 g/mol. The normalized spacial score (nSPS) is 12.0. The molecule has 0 saturated heterocycles. The Bertz CT molecular complexity index is 1240. The van der Waals surface area contributed by atoms with Crippen molar-refractivity contribution in [2.75, 3.05) is 10.0 Å². The lowest BCUT2D eigenvalue weighted by atomic mass is 10.1. The van der Waals surface area contributed by atoms with Gasteiger partial charge in [0.05, 0.1) is 10.5 Å². The molecular weight excluding hydrogens is 428 g/mol. The number of hydrogen-bond donors (Lipinski definition) is 2. The van der Waals surface area contributed by atoms with Crippen molar-refractivity contribution in [2.24, 2.45) is 0 Å². The Hall–Kier alpha value is -3.65. The van der Waals surface area contributed by atoms with Crippen molar-refractivity contribution in [3.05, 3.63) is 89.5 Å². The summed E-state index contributed by atoms with van der Waals surface area (Å²) in [5.74, 6) is -1.21. The van der Waals surface area contributed by atoms with Crippen LogP contribution in [0.25, 0.3) is 0 Å². The predicted octanol–water partition coefficient (Wildman–Crippen LogP) is 4.29. The van der Waals surface area contributed by atoms with Gasteiger partial charge in [-0.3, -0.25) is 9.52 Å². The maximum atomic E-state index is 12.5. The van der Waals surface area contributed by atoms with E-state index in [2.05, 4.69) is 10.0 Å². The number of nitrogens with one attached hydrogen (secondary N) is 2. The van der Waals surface area contributed by atoms with E-state index in [1.165, 1.54) is 43.3 Å². The van der Waals surface area contributed by atoms with Crippen molar-refractivity contribution in [1.82, 2.24) is 0 Å². The number of esters is 1. The maximum absolute atomic E-state index is 12.5. The van der Waals surface area contributed by atoms with E-state index in [-0.39, 0.29) is 16.1 Å². The Kier molecular flexibility index (Phi) is 6.95. The lowest BCUT2D eigenvalue weighted by Gasteiger charge is -2.15. The van der Waals surface area contributed by atoms with Gasteiger partial charge in [-0.15, -0.1) is 0 Å². The smallest absolute Gasteiger partial charge is 0.338 e. The fraction of sp³-hybridized carbons (Fsp3) is 0.167. The second-order valence-corrected chi connectivity index (χ2v) is 9.04. The highest BCUT2D eigenvalue weighted by Crippen LogP contribution is 2.19. The summed E-state index contributed by atoms with van der Waals surface area (Å²) >= 11 is 0. The van der Waals surface area contributed by atoms with Crippen molar-refractivity contribution >= 4 is 33.3 Å². The minimum Gasteiger partial charge on any atom is -0.449 e. The molecule has 0 heterocycles. The topological polar surface area (TPSA) is 102 Å². The third kappa shape index (κ3) is 5.73. The average Bonchev–Trinajstić information content (AvgIpc) is 2.76. The summed E-state index contributed by atoms with van der Waals surface area (Å²) in [4.78, 5) is 25.1. The highest BCUT2D eigenvalue weighted by Gasteiger charge is 2.21. The highest BCUT2D eigenvalue weighted by atomic mass is 32.2. The Morgan fingerprint density at radius 1 is 0.906 bits per heavy atom. The molecule has 0 aromatic heterocycles. The molecule has 32 heavy (non-hydrogen) atoms. The SMILES string of the molecule is Cc1ccc(C)c(NC(=O)C(C)OC(=O)c2cccc(NS(=O)(=O)c3ccccc3)c2)c1. The number of benzene rings is 3. The largest absolute Gasteiger partial charge is 0.449 e. The summed E-state index contributed by atoms with van der Waals surface area (Å²) in [5.41, 5.74) is 2.85. The molecule has 8 heteroatoms. The first-order valence-electron chi connectivity index (χ1n) is 9.93. The number of ether oxygens (including phenoxy) is 1. The van der Waals surface area contributed by atoms with Crippen LogP contribution >= 0.6 is 0 Å². The van der Waals surface area contributed by atoms with E-state index in [4.69, 9.17) is 4.74 Å². The van der Waals surface area contributed by atoms with Crippen LogP contribution in [-0.4, -0.2) is 26.4 Å². The summed E-state index contributed by atoms with van der Waals surface area (Å²) in [6, 6.07) is 19.5. The van der Waals surface area contributed by atoms with Gasteiger partial charge >= 0.3 is 5.97 Å². The number of hydrogen-bond acceptors (Lipinski definition) is 5. The minimum atomic E-state index is -3.80. The third-order valence-electron chi connectivity index (χ3n) is 4.71. The Morgan fingerprint density at radius 3 is 2.34 bits per heavy atom. The maximum Gasteiger partial charge on any atom is 0.338 e. The van der Waals surface area contributed by atoms with Crippen molar-refractivity contribution in [3.63, 3.8) is 0 Å². The van der Waals surface area contributed by atoms with Gasteiger partial charge in [0.25, 0.3) is 15.9 Å². The summed E-state index contributed by atoms with van der Waals surface area (Å²) < 4.78 is 32.7. The molecule has 3 aromatic carbocycles. The highest BCUT2D eigenvalue weighted by molar-refractivity contribution is 7.92. The molecule has 0 aliphatic rings. The third-order valence-corrected chi connectivity index (χ3v) is 6.11. The van der Waals surface area contributed by atoms with Crippen LogP contribution in [0.1, 0.15) is 28.4 Å². The molecule has 0 bridgehead atoms. The summed E-state index contributed by atoms with van der Waals surface area (Å²) in [6.07, 6.45) is -1.05. The first-order chi connectivity index (χ1) is 15.2. The molecule has 1 amide bonds. The van der Waals surface area contributed by atoms with Crippen LogP contribution in [0.3, 0.4) is 0 Å². The van der Waals surface area contributed by atoms with Gasteiger partial charge in [-0.25, -0.2) is 13.2 Å². The molecule has 0 saturated carbocycles. The second kappa shape index (κ2) is 9.65. The van der Waals surface area contributed by atoms with Gasteiger partial charge < -0.3 is 10.1 Å². The van der Waals surface area contributed by atoms with Crippen molar-refractivity contribution < 1.29 is 22.7 Å². The van der Waals surface area contributed by atoms with E-state index in [0.717, 1.165) is 11.1 Å². The molecule has 2 N–H and O–H groups in total. The van der Waals surface area contributed by atoms with Crippen LogP contribution < -0.4 is 10.0 Å². The van der Waals surface area contributed by atoms with E-state index in [1.807, 2.05) is 32.0 Å². The lowest BCUT2D eigenvalue weighted by Crippen LogP contribution is -2.30. The van der Waals surface area contributed by atoms with Crippen LogP contribution in [0.15, 0.2) is 77.7 Å². The summed E-state index contributed by atoms with van der Waals surface area (Å²) in [7, 11) is -3.80. The average molecular weight is 453 g/mol. The number of carbonyl (C=O) groups is 2. The first kappa shape index (κ1) is 23.0. The molecule has 0 aliphatic carbocycles. The molecular formula is C24H24N2O5S. The molecule has 0 aliphatic heterocycles. The van der Waals surface area contributed by atoms with E-state index < -0.39 is 28.0 Å². The van der Waals surface area contributed by atoms with Crippen LogP contribution in [0.2, 0.25) is 0 Å². The quantitative estimate of drug-likeness (QED) is 0.521. The van der Waals surface area contributed by atoms with E-state index in [9.17, 15) is 18.0 Å². The molecule has 1 unspecified atom stereocenters. The molecule has 0 fully saturated rings. The standard InChI is InChI=1S/C24H24N2O5S/c1-16-12-13-17(2)22(14-16)25-23(27)18(3)31-24(28)19-8-7-9-20(15-19)26-32(29,30)21-10-5-4-6-11-21/h4-15,18,26H,1-3H3,(H,25,27). The lowest BCUT2D eigenvalue weighted by molar-refractivity contribution is -0.123. The van der Waals surface area contributed by atoms with Gasteiger partial charge in [-0.05, 0) is 68.3 Å². The van der Waals surface area contributed by atoms with Gasteiger partial charge in [-0.1, -0.05) is 36.4 Å². The van der Waals surface area contributed by atoms with Gasteiger partial charge in [0.2, 0.25) is 0 Å². The number of sulfonamides is 1. The fourth-order valence-electron chi connectivity index (χ4n) is 2.91. The molecule has 0 spiro atoms. The predicted molar refractivity (Wildman–Crippen MR) is 123 cm³/mol. The van der Waals surface area contributed by atoms with Gasteiger partial charge in [0.15, 0.2) is 6.10 Å². The Morgan fingerprint density at radius 2 is 1.62 bits per heavy atom. The van der Waals surface area contributed by atoms with E-state index in [0.29, 0.717) is 5.69 Å². The molecule has 3 aromatic rings. The number of aryl methyl sites for hydroxylation is 2. The zero-order valence-electron chi connectivity index (χ0n) is 18.0. The summed E-state index contributed by atoms with van der Waals surface area (Å²) in [6.45, 7) is 5.26. The number of rotatable bonds is 7. The minimum absolute atomic E-state index is 0.102. The van der Waals surface area contributed by atoms with Gasteiger partial charge in [0.1, 0.15) is 0 Å². The molecule has 3 rings (SSSR count). The van der Waals surface area contributed by atoms with Crippen LogP contribution in [0.4, 0.5) is 11.4 Å². The molecule has 0 radical (unpaired) electrons. The van der Waals surface area contributed by atoms with E-state index in [1.54, 1.807) is 18.2 Å². The zero-order chi connectivity index (χ0) is 23.3. The van der Waals surface area contributed by atoms with Crippen molar-refractivity contribution in [3.8, 4) is 0 Å². The van der Waals surface area contributed by atoms with Gasteiger partial charge in [0, 0.05) is 11.4 Å². The molecule has 1 atom stereocenters. The van der Waals surface area contributed by atoms with Gasteiger partial charge in [-0.2, -0.15) is 0 Å². The second-order valence-electron chi connectivity index (χ2n) is 7.35. The number of amides is 1. The Balaban J connectivity index is 1.67. The molecule has 166 valence electrons. The van der Waals surface area contributed by atoms with E-state index >= 15 is 0 Å². The first-order valence-corrected chi connectivity index (χ1v) is 11.4. The Labute approximate surface area is 187 Å². The number of carbonyl (C=O) groups excluding carboxylic acids is 2. The summed E-state index contributed by atoms with van der Waals surface area (Å²) in [5, 5.41) is 2.76. The number of anilines is 2. The van der Waals surface area contributed by atoms with Crippen LogP contribution in [-0.2, 0) is 19.6 Å². The molecule has 7 nitrogen and oxygen atoms in total. The fourth-order valence-corrected chi connectivity index (χ4v) is 3.98. The van der Waals surface area contributed by atoms with Crippen LogP contribution in [0, 0.1) is 13.8 Å². The van der Waals surface area contributed by atoms with Crippen molar-refractivity contribution in [2.45, 2.75) is 31.8 Å². The van der Waals surface area contributed by atoms with Crippen molar-refractivity contribution in [1.29, 1.82) is 0 Å².